The average Bonchev–Trinajstić information content (AvgIpc) is 3.57. The molecule has 0 aliphatic carbocycles. The molecule has 1 saturated heterocycles. The number of alkyl halides is 3. The number of amides is 2. The van der Waals surface area contributed by atoms with Crippen molar-refractivity contribution in [1.82, 2.24) is 40.9 Å². The summed E-state index contributed by atoms with van der Waals surface area (Å²) in [5.41, 5.74) is 0.887. The number of rotatable bonds is 6. The molecule has 0 spiro atoms. The van der Waals surface area contributed by atoms with Gasteiger partial charge in [-0.15, -0.1) is 0 Å². The van der Waals surface area contributed by atoms with E-state index in [2.05, 4.69) is 36.3 Å². The van der Waals surface area contributed by atoms with Gasteiger partial charge in [-0.3, -0.25) is 24.8 Å². The molecule has 0 saturated carbocycles. The number of likely N-dealkylation sites (tertiary alicyclic amines) is 1. The van der Waals surface area contributed by atoms with Gasteiger partial charge in [-0.25, -0.2) is 5.01 Å². The van der Waals surface area contributed by atoms with Crippen LogP contribution in [0.5, 0.6) is 0 Å². The van der Waals surface area contributed by atoms with E-state index in [1.54, 1.807) is 26.1 Å². The fraction of sp³-hybridized carbons (Fsp3) is 0.333. The van der Waals surface area contributed by atoms with Crippen molar-refractivity contribution < 1.29 is 22.8 Å². The smallest absolute Gasteiger partial charge is 0.345 e. The number of H-pyrrole nitrogens is 1. The summed E-state index contributed by atoms with van der Waals surface area (Å²) >= 11 is 0. The van der Waals surface area contributed by atoms with Crippen molar-refractivity contribution in [3.63, 3.8) is 0 Å². The first kappa shape index (κ1) is 25.3. The number of halogens is 3. The molecule has 1 fully saturated rings. The number of nitrogens with zero attached hydrogens (tertiary/aromatic N) is 5. The second-order valence-electron chi connectivity index (χ2n) is 9.57. The number of likely N-dealkylation sites (N-methyl/N-ethyl adjacent to an activating group) is 1. The first-order chi connectivity index (χ1) is 17.9. The molecule has 2 aromatic heterocycles. The van der Waals surface area contributed by atoms with Gasteiger partial charge in [0.15, 0.2) is 5.66 Å². The number of hydrogen-bond acceptors (Lipinski definition) is 7. The molecule has 3 aromatic rings. The zero-order chi connectivity index (χ0) is 27.2. The Kier molecular flexibility index (Phi) is 6.13. The number of carbonyl (C=O) groups is 2. The number of benzene rings is 1. The second-order valence-corrected chi connectivity index (χ2v) is 9.57. The van der Waals surface area contributed by atoms with E-state index in [4.69, 9.17) is 0 Å². The van der Waals surface area contributed by atoms with E-state index < -0.39 is 23.3 Å². The molecule has 14 heteroatoms. The molecular formula is C24H26F3N9O2. The average molecular weight is 530 g/mol. The third-order valence-electron chi connectivity index (χ3n) is 6.44. The lowest BCUT2D eigenvalue weighted by Crippen LogP contribution is -2.59. The Balaban J connectivity index is 1.44. The van der Waals surface area contributed by atoms with Crippen LogP contribution in [0.2, 0.25) is 0 Å². The van der Waals surface area contributed by atoms with Crippen LogP contribution in [0, 0.1) is 0 Å². The van der Waals surface area contributed by atoms with Gasteiger partial charge in [-0.2, -0.15) is 23.4 Å². The summed E-state index contributed by atoms with van der Waals surface area (Å²) in [5, 5.41) is 18.1. The van der Waals surface area contributed by atoms with Crippen molar-refractivity contribution in [2.75, 3.05) is 25.1 Å². The number of hydrogen-bond donors (Lipinski definition) is 4. The number of hydrazine groups is 1. The van der Waals surface area contributed by atoms with E-state index in [1.165, 1.54) is 28.2 Å². The standard InChI is InChI=1S/C24H26F3N9O2/c1-23(11-19(22(38)29-15-12-34(2)13-15)33-36(23)20-6-8-28-31-20)30-21(37)14-4-5-17(24(25,26)27)16(10-14)18-7-9-35(3)32-18/h4-11,15,33H,12-13H2,1-3H3,(H,28,31)(H,29,38)(H,30,37). The van der Waals surface area contributed by atoms with Crippen LogP contribution >= 0.6 is 0 Å². The van der Waals surface area contributed by atoms with E-state index >= 15 is 0 Å². The van der Waals surface area contributed by atoms with E-state index in [0.29, 0.717) is 5.82 Å². The van der Waals surface area contributed by atoms with Crippen LogP contribution in [-0.2, 0) is 18.0 Å². The van der Waals surface area contributed by atoms with Crippen LogP contribution in [-0.4, -0.2) is 68.5 Å². The molecule has 1 atom stereocenters. The predicted molar refractivity (Wildman–Crippen MR) is 131 cm³/mol. The summed E-state index contributed by atoms with van der Waals surface area (Å²) < 4.78 is 42.6. The Bertz CT molecular complexity index is 1390. The minimum Gasteiger partial charge on any atom is -0.345 e. The first-order valence-electron chi connectivity index (χ1n) is 11.8. The second kappa shape index (κ2) is 9.20. The van der Waals surface area contributed by atoms with Gasteiger partial charge < -0.3 is 15.5 Å². The van der Waals surface area contributed by atoms with Gasteiger partial charge in [-0.1, -0.05) is 0 Å². The number of aromatic nitrogens is 4. The summed E-state index contributed by atoms with van der Waals surface area (Å²) in [6.07, 6.45) is -0.0562. The van der Waals surface area contributed by atoms with Crippen molar-refractivity contribution in [2.24, 2.45) is 7.05 Å². The summed E-state index contributed by atoms with van der Waals surface area (Å²) in [4.78, 5) is 28.4. The lowest BCUT2D eigenvalue weighted by atomic mass is 10.00. The third-order valence-corrected chi connectivity index (χ3v) is 6.44. The van der Waals surface area contributed by atoms with Gasteiger partial charge in [0.25, 0.3) is 11.8 Å². The molecule has 2 aliphatic rings. The highest BCUT2D eigenvalue weighted by atomic mass is 19.4. The van der Waals surface area contributed by atoms with Crippen LogP contribution in [0.15, 0.2) is 54.5 Å². The summed E-state index contributed by atoms with van der Waals surface area (Å²) in [6.45, 7) is 3.10. The molecule has 5 rings (SSSR count). The van der Waals surface area contributed by atoms with Gasteiger partial charge in [0, 0.05) is 43.5 Å². The Hall–Kier alpha value is -4.33. The van der Waals surface area contributed by atoms with Gasteiger partial charge >= 0.3 is 6.18 Å². The summed E-state index contributed by atoms with van der Waals surface area (Å²) in [6, 6.07) is 6.24. The van der Waals surface area contributed by atoms with Crippen LogP contribution in [0.25, 0.3) is 11.3 Å². The van der Waals surface area contributed by atoms with Crippen molar-refractivity contribution in [1.29, 1.82) is 0 Å². The van der Waals surface area contributed by atoms with Gasteiger partial charge in [0.1, 0.15) is 11.5 Å². The summed E-state index contributed by atoms with van der Waals surface area (Å²) in [7, 11) is 3.54. The van der Waals surface area contributed by atoms with Gasteiger partial charge in [0.2, 0.25) is 0 Å². The lowest BCUT2D eigenvalue weighted by molar-refractivity contribution is -0.137. The molecule has 0 radical (unpaired) electrons. The number of aromatic amines is 1. The molecule has 4 heterocycles. The molecule has 1 aromatic carbocycles. The number of anilines is 1. The van der Waals surface area contributed by atoms with Crippen molar-refractivity contribution in [3.05, 3.63) is 65.6 Å². The molecule has 200 valence electrons. The molecule has 1 unspecified atom stereocenters. The Morgan fingerprint density at radius 2 is 1.89 bits per heavy atom. The zero-order valence-corrected chi connectivity index (χ0v) is 20.8. The first-order valence-corrected chi connectivity index (χ1v) is 11.8. The minimum absolute atomic E-state index is 0.00625. The monoisotopic (exact) mass is 529 g/mol. The van der Waals surface area contributed by atoms with E-state index in [1.807, 2.05) is 7.05 Å². The normalized spacial score (nSPS) is 20.1. The number of aryl methyl sites for hydroxylation is 1. The summed E-state index contributed by atoms with van der Waals surface area (Å²) in [5.74, 6) is -0.544. The van der Waals surface area contributed by atoms with E-state index in [0.717, 1.165) is 31.3 Å². The third kappa shape index (κ3) is 4.81. The maximum Gasteiger partial charge on any atom is 0.417 e. The largest absolute Gasteiger partial charge is 0.417 e. The SMILES string of the molecule is CN1CC(NC(=O)C2=CC(C)(NC(=O)c3ccc(C(F)(F)F)c(-c4ccn(C)n4)c3)N(c3ccn[nH]3)N2)C1. The predicted octanol–water partition coefficient (Wildman–Crippen LogP) is 1.61. The van der Waals surface area contributed by atoms with E-state index in [-0.39, 0.29) is 34.5 Å². The fourth-order valence-electron chi connectivity index (χ4n) is 4.57. The molecule has 2 amide bonds. The zero-order valence-electron chi connectivity index (χ0n) is 20.8. The highest BCUT2D eigenvalue weighted by molar-refractivity contribution is 5.98. The molecule has 2 aliphatic heterocycles. The Morgan fingerprint density at radius 3 is 2.50 bits per heavy atom. The Labute approximate surface area is 215 Å². The Morgan fingerprint density at radius 1 is 1.13 bits per heavy atom. The quantitative estimate of drug-likeness (QED) is 0.383. The van der Waals surface area contributed by atoms with Crippen LogP contribution in [0.3, 0.4) is 0 Å². The maximum absolute atomic E-state index is 13.7. The van der Waals surface area contributed by atoms with Crippen molar-refractivity contribution in [2.45, 2.75) is 24.8 Å². The van der Waals surface area contributed by atoms with Gasteiger partial charge in [0.05, 0.1) is 23.5 Å². The molecular weight excluding hydrogens is 503 g/mol. The fourth-order valence-corrected chi connectivity index (χ4v) is 4.57. The molecule has 38 heavy (non-hydrogen) atoms. The number of carbonyl (C=O) groups excluding carboxylic acids is 2. The highest BCUT2D eigenvalue weighted by Gasteiger charge is 2.42. The minimum atomic E-state index is -4.64. The molecule has 0 bridgehead atoms. The lowest BCUT2D eigenvalue weighted by Gasteiger charge is -2.36. The van der Waals surface area contributed by atoms with Crippen LogP contribution in [0.4, 0.5) is 19.0 Å². The van der Waals surface area contributed by atoms with Gasteiger partial charge in [-0.05, 0) is 44.3 Å². The maximum atomic E-state index is 13.7. The van der Waals surface area contributed by atoms with Crippen molar-refractivity contribution >= 4 is 17.6 Å². The van der Waals surface area contributed by atoms with Crippen LogP contribution in [0.1, 0.15) is 22.8 Å². The molecule has 11 nitrogen and oxygen atoms in total. The molecule has 4 N–H and O–H groups in total. The highest BCUT2D eigenvalue weighted by Crippen LogP contribution is 2.37. The van der Waals surface area contributed by atoms with Crippen molar-refractivity contribution in [3.8, 4) is 11.3 Å². The topological polar surface area (TPSA) is 123 Å². The number of nitrogens with one attached hydrogen (secondary N) is 4. The van der Waals surface area contributed by atoms with E-state index in [9.17, 15) is 22.8 Å². The van der Waals surface area contributed by atoms with Crippen LogP contribution < -0.4 is 21.1 Å².